The first-order valence-electron chi connectivity index (χ1n) is 6.47. The summed E-state index contributed by atoms with van der Waals surface area (Å²) < 4.78 is 5.07. The summed E-state index contributed by atoms with van der Waals surface area (Å²) in [5.41, 5.74) is 6.04. The van der Waals surface area contributed by atoms with Crippen LogP contribution in [0.2, 0.25) is 0 Å². The van der Waals surface area contributed by atoms with E-state index in [9.17, 15) is 9.59 Å². The fourth-order valence-corrected chi connectivity index (χ4v) is 3.18. The molecule has 1 aliphatic heterocycles. The molecule has 2 unspecified atom stereocenters. The largest absolute Gasteiger partial charge is 0.480 e. The number of hydrazine groups is 1. The Morgan fingerprint density at radius 2 is 2.37 bits per heavy atom. The number of nitrogens with one attached hydrogen (secondary N) is 1. The van der Waals surface area contributed by atoms with E-state index in [2.05, 4.69) is 11.5 Å². The molecular weight excluding hydrogens is 248 g/mol. The minimum Gasteiger partial charge on any atom is -0.480 e. The Balaban J connectivity index is 1.90. The first-order chi connectivity index (χ1) is 9.11. The molecule has 2 bridgehead atoms. The van der Waals surface area contributed by atoms with Crippen molar-refractivity contribution in [1.29, 1.82) is 0 Å². The van der Waals surface area contributed by atoms with Gasteiger partial charge in [0.1, 0.15) is 12.6 Å². The number of allylic oxidation sites excluding steroid dienone is 2. The topological polar surface area (TPSA) is 78.9 Å². The number of aliphatic carboxylic acids is 1. The van der Waals surface area contributed by atoms with Crippen LogP contribution in [0, 0.1) is 5.92 Å². The summed E-state index contributed by atoms with van der Waals surface area (Å²) in [6.07, 6.45) is 3.98. The molecule has 0 aromatic rings. The van der Waals surface area contributed by atoms with E-state index >= 15 is 0 Å². The Kier molecular flexibility index (Phi) is 2.82. The molecule has 0 saturated carbocycles. The van der Waals surface area contributed by atoms with Crippen molar-refractivity contribution in [3.8, 4) is 0 Å². The Bertz CT molecular complexity index is 509. The number of carbonyl (C=O) groups is 2. The summed E-state index contributed by atoms with van der Waals surface area (Å²) in [7, 11) is 0. The van der Waals surface area contributed by atoms with Gasteiger partial charge in [-0.05, 0) is 36.8 Å². The van der Waals surface area contributed by atoms with Crippen LogP contribution in [0.1, 0.15) is 19.8 Å². The van der Waals surface area contributed by atoms with Gasteiger partial charge in [0.05, 0.1) is 12.3 Å². The first kappa shape index (κ1) is 12.2. The van der Waals surface area contributed by atoms with Crippen LogP contribution in [0.5, 0.6) is 0 Å². The minimum atomic E-state index is -0.924. The molecule has 2 aliphatic carbocycles. The summed E-state index contributed by atoms with van der Waals surface area (Å²) in [6, 6.07) is -0.523. The van der Waals surface area contributed by atoms with Crippen LogP contribution in [0.15, 0.2) is 22.9 Å². The average Bonchev–Trinajstić information content (AvgIpc) is 3.00. The second kappa shape index (κ2) is 4.38. The van der Waals surface area contributed by atoms with Crippen LogP contribution in [0.25, 0.3) is 0 Å². The standard InChI is InChI=1S/C13H16N2O4/c1-2-19-13(18)11-10-7-3-4-8(5-7)12(10)15(14-11)6-9(16)17/h4,7,11,14H,2-3,5-6H2,1H3,(H,16,17). The molecule has 0 amide bonds. The molecule has 0 aromatic carbocycles. The Morgan fingerprint density at radius 3 is 3.05 bits per heavy atom. The third-order valence-electron chi connectivity index (χ3n) is 3.81. The van der Waals surface area contributed by atoms with Crippen molar-refractivity contribution in [2.45, 2.75) is 25.8 Å². The number of fused-ring (bicyclic) bond motifs is 4. The summed E-state index contributed by atoms with van der Waals surface area (Å²) in [5, 5.41) is 10.5. The maximum atomic E-state index is 12.0. The van der Waals surface area contributed by atoms with E-state index in [1.807, 2.05) is 0 Å². The number of carbonyl (C=O) groups excluding carboxylic acids is 1. The summed E-state index contributed by atoms with van der Waals surface area (Å²) in [4.78, 5) is 22.9. The molecule has 102 valence electrons. The van der Waals surface area contributed by atoms with Crippen molar-refractivity contribution in [3.05, 3.63) is 22.9 Å². The van der Waals surface area contributed by atoms with E-state index < -0.39 is 12.0 Å². The SMILES string of the molecule is CCOC(=O)C1NN(CC(=O)O)C2=C1C1CC=C2C1. The number of nitrogens with zero attached hydrogens (tertiary/aromatic N) is 1. The predicted molar refractivity (Wildman–Crippen MR) is 65.7 cm³/mol. The highest BCUT2D eigenvalue weighted by Gasteiger charge is 2.47. The molecule has 1 heterocycles. The number of rotatable bonds is 4. The van der Waals surface area contributed by atoms with Crippen LogP contribution < -0.4 is 5.43 Å². The zero-order chi connectivity index (χ0) is 13.6. The lowest BCUT2D eigenvalue weighted by Crippen LogP contribution is -2.45. The maximum absolute atomic E-state index is 12.0. The van der Waals surface area contributed by atoms with Crippen LogP contribution in [-0.2, 0) is 14.3 Å². The minimum absolute atomic E-state index is 0.154. The highest BCUT2D eigenvalue weighted by molar-refractivity contribution is 5.82. The zero-order valence-corrected chi connectivity index (χ0v) is 10.7. The summed E-state index contributed by atoms with van der Waals surface area (Å²) >= 11 is 0. The average molecular weight is 264 g/mol. The molecule has 0 aromatic heterocycles. The third-order valence-corrected chi connectivity index (χ3v) is 3.81. The van der Waals surface area contributed by atoms with Gasteiger partial charge in [0.2, 0.25) is 0 Å². The zero-order valence-electron chi connectivity index (χ0n) is 10.7. The quantitative estimate of drug-likeness (QED) is 0.717. The van der Waals surface area contributed by atoms with Gasteiger partial charge in [-0.3, -0.25) is 9.80 Å². The van der Waals surface area contributed by atoms with E-state index in [-0.39, 0.29) is 12.5 Å². The van der Waals surface area contributed by atoms with Crippen LogP contribution in [0.4, 0.5) is 0 Å². The van der Waals surface area contributed by atoms with Crippen LogP contribution >= 0.6 is 0 Å². The van der Waals surface area contributed by atoms with Gasteiger partial charge in [-0.25, -0.2) is 10.2 Å². The molecule has 6 nitrogen and oxygen atoms in total. The van der Waals surface area contributed by atoms with Gasteiger partial charge in [0, 0.05) is 0 Å². The number of carboxylic acids is 1. The molecule has 6 heteroatoms. The lowest BCUT2D eigenvalue weighted by Gasteiger charge is -2.22. The van der Waals surface area contributed by atoms with Gasteiger partial charge in [-0.15, -0.1) is 0 Å². The second-order valence-corrected chi connectivity index (χ2v) is 4.96. The molecule has 3 aliphatic rings. The number of hydrogen-bond acceptors (Lipinski definition) is 5. The monoisotopic (exact) mass is 264 g/mol. The van der Waals surface area contributed by atoms with Gasteiger partial charge in [0.25, 0.3) is 0 Å². The summed E-state index contributed by atoms with van der Waals surface area (Å²) in [6.45, 7) is 1.94. The molecule has 19 heavy (non-hydrogen) atoms. The highest BCUT2D eigenvalue weighted by Crippen LogP contribution is 2.49. The molecule has 3 rings (SSSR count). The Labute approximate surface area is 110 Å². The second-order valence-electron chi connectivity index (χ2n) is 4.96. The van der Waals surface area contributed by atoms with Crippen molar-refractivity contribution in [2.24, 2.45) is 5.92 Å². The van der Waals surface area contributed by atoms with E-state index in [0.717, 1.165) is 29.7 Å². The molecule has 2 atom stereocenters. The lowest BCUT2D eigenvalue weighted by molar-refractivity contribution is -0.146. The van der Waals surface area contributed by atoms with E-state index in [1.54, 1.807) is 11.9 Å². The van der Waals surface area contributed by atoms with Crippen molar-refractivity contribution >= 4 is 11.9 Å². The van der Waals surface area contributed by atoms with E-state index in [1.165, 1.54) is 0 Å². The van der Waals surface area contributed by atoms with E-state index in [0.29, 0.717) is 12.5 Å². The number of ether oxygens (including phenoxy) is 1. The molecule has 0 fully saturated rings. The van der Waals surface area contributed by atoms with Gasteiger partial charge in [0.15, 0.2) is 0 Å². The van der Waals surface area contributed by atoms with Crippen molar-refractivity contribution < 1.29 is 19.4 Å². The molecule has 0 saturated heterocycles. The molecule has 0 spiro atoms. The van der Waals surface area contributed by atoms with Crippen molar-refractivity contribution in [1.82, 2.24) is 10.4 Å². The number of carboxylic acid groups (broad SMARTS) is 1. The van der Waals surface area contributed by atoms with Crippen LogP contribution in [0.3, 0.4) is 0 Å². The normalized spacial score (nSPS) is 27.6. The maximum Gasteiger partial charge on any atom is 0.329 e. The molecule has 0 radical (unpaired) electrons. The summed E-state index contributed by atoms with van der Waals surface area (Å²) in [5.74, 6) is -0.922. The number of hydrogen-bond donors (Lipinski definition) is 2. The van der Waals surface area contributed by atoms with Crippen molar-refractivity contribution in [2.75, 3.05) is 13.2 Å². The fourth-order valence-electron chi connectivity index (χ4n) is 3.18. The third kappa shape index (κ3) is 1.83. The van der Waals surface area contributed by atoms with Gasteiger partial charge in [-0.1, -0.05) is 6.08 Å². The predicted octanol–water partition coefficient (Wildman–Crippen LogP) is 0.427. The Morgan fingerprint density at radius 1 is 1.58 bits per heavy atom. The van der Waals surface area contributed by atoms with Gasteiger partial charge >= 0.3 is 11.9 Å². The number of esters is 1. The van der Waals surface area contributed by atoms with Crippen molar-refractivity contribution in [3.63, 3.8) is 0 Å². The van der Waals surface area contributed by atoms with Crippen LogP contribution in [-0.4, -0.2) is 41.2 Å². The molecule has 2 N–H and O–H groups in total. The fraction of sp³-hybridized carbons (Fsp3) is 0.538. The smallest absolute Gasteiger partial charge is 0.329 e. The van der Waals surface area contributed by atoms with Gasteiger partial charge in [-0.2, -0.15) is 0 Å². The van der Waals surface area contributed by atoms with Gasteiger partial charge < -0.3 is 9.84 Å². The molecular formula is C13H16N2O4. The highest BCUT2D eigenvalue weighted by atomic mass is 16.5. The van der Waals surface area contributed by atoms with E-state index in [4.69, 9.17) is 9.84 Å². The Hall–Kier alpha value is -1.82. The first-order valence-corrected chi connectivity index (χ1v) is 6.47. The lowest BCUT2D eigenvalue weighted by atomic mass is 9.94.